The maximum absolute atomic E-state index is 13.0. The van der Waals surface area contributed by atoms with Crippen molar-refractivity contribution in [1.82, 2.24) is 10.3 Å². The second-order valence-electron chi connectivity index (χ2n) is 4.15. The maximum Gasteiger partial charge on any atom is 0.125 e. The molecule has 78 valence electrons. The summed E-state index contributed by atoms with van der Waals surface area (Å²) < 4.78 is 13.0. The maximum atomic E-state index is 13.0. The molecule has 2 N–H and O–H groups in total. The van der Waals surface area contributed by atoms with Gasteiger partial charge in [0, 0.05) is 23.7 Å². The normalized spacial score (nSPS) is 21.3. The number of aromatic nitrogens is 1. The number of fused-ring (bicyclic) bond motifs is 1. The molecule has 2 aromatic rings. The van der Waals surface area contributed by atoms with Crippen molar-refractivity contribution in [2.24, 2.45) is 0 Å². The van der Waals surface area contributed by atoms with E-state index in [1.54, 1.807) is 6.07 Å². The van der Waals surface area contributed by atoms with E-state index in [0.29, 0.717) is 5.92 Å². The Bertz CT molecular complexity index is 483. The van der Waals surface area contributed by atoms with Gasteiger partial charge in [-0.3, -0.25) is 0 Å². The zero-order valence-electron chi connectivity index (χ0n) is 8.39. The number of aromatic amines is 1. The van der Waals surface area contributed by atoms with Gasteiger partial charge in [0.2, 0.25) is 0 Å². The van der Waals surface area contributed by atoms with Crippen LogP contribution in [-0.4, -0.2) is 18.1 Å². The molecule has 15 heavy (non-hydrogen) atoms. The van der Waals surface area contributed by atoms with Crippen molar-refractivity contribution >= 4 is 10.9 Å². The van der Waals surface area contributed by atoms with Crippen LogP contribution in [-0.2, 0) is 0 Å². The SMILES string of the molecule is Fc1ccc2cc(C3CCNC3)[nH]c2c1. The van der Waals surface area contributed by atoms with Crippen molar-refractivity contribution in [3.63, 3.8) is 0 Å². The van der Waals surface area contributed by atoms with Gasteiger partial charge < -0.3 is 10.3 Å². The standard InChI is InChI=1S/C12H13FN2/c13-10-2-1-8-5-11(15-12(8)6-10)9-3-4-14-7-9/h1-2,5-6,9,14-15H,3-4,7H2. The van der Waals surface area contributed by atoms with E-state index in [9.17, 15) is 4.39 Å². The van der Waals surface area contributed by atoms with Crippen LogP contribution in [0.1, 0.15) is 18.0 Å². The third-order valence-corrected chi connectivity index (χ3v) is 3.11. The summed E-state index contributed by atoms with van der Waals surface area (Å²) in [4.78, 5) is 3.30. The van der Waals surface area contributed by atoms with Crippen LogP contribution in [0.5, 0.6) is 0 Å². The molecule has 0 radical (unpaired) electrons. The van der Waals surface area contributed by atoms with Gasteiger partial charge in [-0.15, -0.1) is 0 Å². The summed E-state index contributed by atoms with van der Waals surface area (Å²) in [5, 5.41) is 4.43. The average molecular weight is 204 g/mol. The van der Waals surface area contributed by atoms with Crippen molar-refractivity contribution in [3.05, 3.63) is 35.8 Å². The highest BCUT2D eigenvalue weighted by Crippen LogP contribution is 2.25. The summed E-state index contributed by atoms with van der Waals surface area (Å²) >= 11 is 0. The van der Waals surface area contributed by atoms with E-state index in [1.807, 2.05) is 6.07 Å². The number of halogens is 1. The monoisotopic (exact) mass is 204 g/mol. The lowest BCUT2D eigenvalue weighted by Gasteiger charge is -2.03. The molecule has 1 atom stereocenters. The Hall–Kier alpha value is -1.35. The molecule has 0 saturated carbocycles. The van der Waals surface area contributed by atoms with Crippen molar-refractivity contribution in [2.45, 2.75) is 12.3 Å². The highest BCUT2D eigenvalue weighted by Gasteiger charge is 2.18. The largest absolute Gasteiger partial charge is 0.358 e. The molecule has 1 saturated heterocycles. The first kappa shape index (κ1) is 8.92. The lowest BCUT2D eigenvalue weighted by Crippen LogP contribution is -2.07. The van der Waals surface area contributed by atoms with E-state index in [-0.39, 0.29) is 5.82 Å². The van der Waals surface area contributed by atoms with Crippen molar-refractivity contribution in [3.8, 4) is 0 Å². The van der Waals surface area contributed by atoms with E-state index >= 15 is 0 Å². The van der Waals surface area contributed by atoms with Gasteiger partial charge in [-0.05, 0) is 42.6 Å². The highest BCUT2D eigenvalue weighted by molar-refractivity contribution is 5.80. The first-order valence-corrected chi connectivity index (χ1v) is 5.32. The number of H-pyrrole nitrogens is 1. The Morgan fingerprint density at radius 3 is 3.00 bits per heavy atom. The van der Waals surface area contributed by atoms with Crippen LogP contribution in [0.25, 0.3) is 10.9 Å². The fourth-order valence-electron chi connectivity index (χ4n) is 2.26. The Kier molecular flexibility index (Phi) is 1.99. The molecule has 3 heteroatoms. The molecular formula is C12H13FN2. The number of benzene rings is 1. The third-order valence-electron chi connectivity index (χ3n) is 3.11. The summed E-state index contributed by atoms with van der Waals surface area (Å²) in [6, 6.07) is 7.02. The van der Waals surface area contributed by atoms with Crippen LogP contribution >= 0.6 is 0 Å². The Balaban J connectivity index is 2.05. The molecule has 0 spiro atoms. The van der Waals surface area contributed by atoms with Crippen LogP contribution in [0.4, 0.5) is 4.39 Å². The van der Waals surface area contributed by atoms with Crippen LogP contribution in [0.3, 0.4) is 0 Å². The quantitative estimate of drug-likeness (QED) is 0.733. The molecule has 0 bridgehead atoms. The van der Waals surface area contributed by atoms with Crippen molar-refractivity contribution < 1.29 is 4.39 Å². The van der Waals surface area contributed by atoms with Gasteiger partial charge in [0.15, 0.2) is 0 Å². The molecule has 1 fully saturated rings. The zero-order valence-corrected chi connectivity index (χ0v) is 8.39. The van der Waals surface area contributed by atoms with Crippen molar-refractivity contribution in [1.29, 1.82) is 0 Å². The van der Waals surface area contributed by atoms with Gasteiger partial charge in [-0.2, -0.15) is 0 Å². The summed E-state index contributed by atoms with van der Waals surface area (Å²) in [5.74, 6) is 0.376. The van der Waals surface area contributed by atoms with Gasteiger partial charge >= 0.3 is 0 Å². The summed E-state index contributed by atoms with van der Waals surface area (Å²) in [6.07, 6.45) is 1.16. The molecule has 1 aliphatic heterocycles. The number of rotatable bonds is 1. The molecule has 0 amide bonds. The molecule has 2 heterocycles. The lowest BCUT2D eigenvalue weighted by molar-refractivity contribution is 0.629. The molecule has 0 aliphatic carbocycles. The predicted molar refractivity (Wildman–Crippen MR) is 58.5 cm³/mol. The molecule has 1 aliphatic rings. The van der Waals surface area contributed by atoms with Crippen LogP contribution in [0, 0.1) is 5.82 Å². The average Bonchev–Trinajstić information content (AvgIpc) is 2.84. The minimum absolute atomic E-state index is 0.180. The summed E-state index contributed by atoms with van der Waals surface area (Å²) in [5.41, 5.74) is 2.12. The molecule has 1 aromatic carbocycles. The van der Waals surface area contributed by atoms with E-state index in [1.165, 1.54) is 11.8 Å². The molecule has 1 aromatic heterocycles. The third kappa shape index (κ3) is 1.53. The molecular weight excluding hydrogens is 191 g/mol. The van der Waals surface area contributed by atoms with Gasteiger partial charge in [0.25, 0.3) is 0 Å². The second kappa shape index (κ2) is 3.35. The van der Waals surface area contributed by atoms with Gasteiger partial charge in [0.05, 0.1) is 0 Å². The lowest BCUT2D eigenvalue weighted by atomic mass is 10.1. The minimum atomic E-state index is -0.180. The molecule has 1 unspecified atom stereocenters. The molecule has 3 rings (SSSR count). The van der Waals surface area contributed by atoms with Gasteiger partial charge in [-0.1, -0.05) is 0 Å². The fourth-order valence-corrected chi connectivity index (χ4v) is 2.26. The van der Waals surface area contributed by atoms with E-state index in [0.717, 1.165) is 30.4 Å². The number of nitrogens with one attached hydrogen (secondary N) is 2. The highest BCUT2D eigenvalue weighted by atomic mass is 19.1. The summed E-state index contributed by atoms with van der Waals surface area (Å²) in [6.45, 7) is 2.10. The first-order chi connectivity index (χ1) is 7.33. The van der Waals surface area contributed by atoms with Gasteiger partial charge in [0.1, 0.15) is 5.82 Å². The van der Waals surface area contributed by atoms with Gasteiger partial charge in [-0.25, -0.2) is 4.39 Å². The van der Waals surface area contributed by atoms with Crippen LogP contribution in [0.2, 0.25) is 0 Å². The van der Waals surface area contributed by atoms with Crippen LogP contribution in [0.15, 0.2) is 24.3 Å². The molecule has 2 nitrogen and oxygen atoms in total. The predicted octanol–water partition coefficient (Wildman–Crippen LogP) is 2.38. The fraction of sp³-hybridized carbons (Fsp3) is 0.333. The number of hydrogen-bond acceptors (Lipinski definition) is 1. The number of hydrogen-bond donors (Lipinski definition) is 2. The minimum Gasteiger partial charge on any atom is -0.358 e. The van der Waals surface area contributed by atoms with Crippen molar-refractivity contribution in [2.75, 3.05) is 13.1 Å². The van der Waals surface area contributed by atoms with E-state index in [4.69, 9.17) is 0 Å². The van der Waals surface area contributed by atoms with E-state index < -0.39 is 0 Å². The van der Waals surface area contributed by atoms with Crippen LogP contribution < -0.4 is 5.32 Å². The Labute approximate surface area is 87.5 Å². The second-order valence-corrected chi connectivity index (χ2v) is 4.15. The van der Waals surface area contributed by atoms with E-state index in [2.05, 4.69) is 16.4 Å². The summed E-state index contributed by atoms with van der Waals surface area (Å²) in [7, 11) is 0. The smallest absolute Gasteiger partial charge is 0.125 e. The zero-order chi connectivity index (χ0) is 10.3. The first-order valence-electron chi connectivity index (χ1n) is 5.32. The Morgan fingerprint density at radius 2 is 2.20 bits per heavy atom. The topological polar surface area (TPSA) is 27.8 Å². The Morgan fingerprint density at radius 1 is 1.27 bits per heavy atom.